The first kappa shape index (κ1) is 11.9. The van der Waals surface area contributed by atoms with Gasteiger partial charge in [-0.05, 0) is 12.8 Å². The maximum absolute atomic E-state index is 5.78. The minimum Gasteiger partial charge on any atom is -0.388 e. The zero-order chi connectivity index (χ0) is 12.4. The number of aromatic nitrogens is 5. The van der Waals surface area contributed by atoms with Crippen LogP contribution in [-0.4, -0.2) is 24.4 Å². The number of fused-ring (bicyclic) bond motifs is 1. The molecule has 96 valence electrons. The molecule has 2 aromatic heterocycles. The second-order valence-corrected chi connectivity index (χ2v) is 5.96. The Balaban J connectivity index is 1.73. The van der Waals surface area contributed by atoms with E-state index in [2.05, 4.69) is 24.4 Å². The molecule has 1 aliphatic heterocycles. The van der Waals surface area contributed by atoms with Crippen molar-refractivity contribution in [3.63, 3.8) is 0 Å². The van der Waals surface area contributed by atoms with Gasteiger partial charge in [-0.25, -0.2) is 0 Å². The van der Waals surface area contributed by atoms with Gasteiger partial charge in [-0.15, -0.1) is 15.3 Å². The van der Waals surface area contributed by atoms with E-state index in [9.17, 15) is 0 Å². The molecule has 8 heteroatoms. The molecule has 0 aliphatic carbocycles. The van der Waals surface area contributed by atoms with Crippen LogP contribution in [0.1, 0.15) is 30.8 Å². The van der Waals surface area contributed by atoms with Crippen molar-refractivity contribution in [3.05, 3.63) is 11.5 Å². The average Bonchev–Trinajstić information content (AvgIpc) is 2.86. The molecule has 0 saturated carbocycles. The Morgan fingerprint density at radius 1 is 1.22 bits per heavy atom. The fourth-order valence-corrected chi connectivity index (χ4v) is 3.48. The number of thioether (sulfide) groups is 1. The standard InChI is InChI=1S/C10H14N6S2/c11-9-7(12-15-18-9)6-17-10-14-13-8-4-2-1-3-5-16(8)10/h1-6,11H2. The van der Waals surface area contributed by atoms with Gasteiger partial charge in [0.15, 0.2) is 5.16 Å². The summed E-state index contributed by atoms with van der Waals surface area (Å²) >= 11 is 2.87. The highest BCUT2D eigenvalue weighted by Crippen LogP contribution is 2.26. The van der Waals surface area contributed by atoms with Crippen LogP contribution in [-0.2, 0) is 18.7 Å². The first-order valence-electron chi connectivity index (χ1n) is 5.96. The number of nitrogens with two attached hydrogens (primary N) is 1. The van der Waals surface area contributed by atoms with Gasteiger partial charge in [0.25, 0.3) is 0 Å². The summed E-state index contributed by atoms with van der Waals surface area (Å²) in [6.45, 7) is 1.02. The van der Waals surface area contributed by atoms with Crippen molar-refractivity contribution < 1.29 is 0 Å². The molecular formula is C10H14N6S2. The number of aryl methyl sites for hydroxylation is 1. The number of hydrogen-bond donors (Lipinski definition) is 1. The number of anilines is 1. The number of hydrogen-bond acceptors (Lipinski definition) is 7. The number of nitrogen functional groups attached to an aromatic ring is 1. The third-order valence-electron chi connectivity index (χ3n) is 3.00. The van der Waals surface area contributed by atoms with Gasteiger partial charge in [-0.2, -0.15) is 0 Å². The minimum atomic E-state index is 0.693. The summed E-state index contributed by atoms with van der Waals surface area (Å²) in [5.41, 5.74) is 6.62. The zero-order valence-corrected chi connectivity index (χ0v) is 11.5. The van der Waals surface area contributed by atoms with Crippen LogP contribution in [0.3, 0.4) is 0 Å². The first-order valence-corrected chi connectivity index (χ1v) is 7.72. The lowest BCUT2D eigenvalue weighted by atomic mass is 10.2. The molecule has 18 heavy (non-hydrogen) atoms. The fraction of sp³-hybridized carbons (Fsp3) is 0.600. The SMILES string of the molecule is Nc1snnc1CSc1nnc2n1CCCCC2. The van der Waals surface area contributed by atoms with Crippen molar-refractivity contribution in [2.24, 2.45) is 0 Å². The molecule has 2 N–H and O–H groups in total. The average molecular weight is 282 g/mol. The van der Waals surface area contributed by atoms with Crippen LogP contribution in [0.2, 0.25) is 0 Å². The van der Waals surface area contributed by atoms with Crippen molar-refractivity contribution in [3.8, 4) is 0 Å². The highest BCUT2D eigenvalue weighted by atomic mass is 32.2. The molecule has 0 saturated heterocycles. The van der Waals surface area contributed by atoms with Crippen molar-refractivity contribution in [1.82, 2.24) is 24.4 Å². The molecule has 0 spiro atoms. The van der Waals surface area contributed by atoms with E-state index in [4.69, 9.17) is 5.73 Å². The van der Waals surface area contributed by atoms with Crippen LogP contribution < -0.4 is 5.73 Å². The van der Waals surface area contributed by atoms with Crippen LogP contribution in [0.25, 0.3) is 0 Å². The summed E-state index contributed by atoms with van der Waals surface area (Å²) in [6, 6.07) is 0. The highest BCUT2D eigenvalue weighted by molar-refractivity contribution is 7.98. The maximum atomic E-state index is 5.78. The summed E-state index contributed by atoms with van der Waals surface area (Å²) in [4.78, 5) is 0. The van der Waals surface area contributed by atoms with Crippen molar-refractivity contribution in [1.29, 1.82) is 0 Å². The van der Waals surface area contributed by atoms with Gasteiger partial charge in [0.2, 0.25) is 0 Å². The predicted octanol–water partition coefficient (Wildman–Crippen LogP) is 1.73. The molecule has 0 atom stereocenters. The lowest BCUT2D eigenvalue weighted by Crippen LogP contribution is -2.02. The van der Waals surface area contributed by atoms with Crippen LogP contribution in [0, 0.1) is 0 Å². The Bertz CT molecular complexity index is 534. The minimum absolute atomic E-state index is 0.693. The molecule has 0 fully saturated rings. The molecule has 0 radical (unpaired) electrons. The van der Waals surface area contributed by atoms with Crippen LogP contribution in [0.4, 0.5) is 5.00 Å². The normalized spacial score (nSPS) is 15.3. The molecule has 1 aliphatic rings. The van der Waals surface area contributed by atoms with Crippen molar-refractivity contribution >= 4 is 28.3 Å². The quantitative estimate of drug-likeness (QED) is 0.863. The van der Waals surface area contributed by atoms with E-state index in [0.717, 1.165) is 29.6 Å². The van der Waals surface area contributed by atoms with E-state index < -0.39 is 0 Å². The molecule has 3 rings (SSSR count). The van der Waals surface area contributed by atoms with Gasteiger partial charge in [-0.3, -0.25) is 0 Å². The second-order valence-electron chi connectivity index (χ2n) is 4.23. The van der Waals surface area contributed by atoms with Gasteiger partial charge in [0.05, 0.1) is 0 Å². The van der Waals surface area contributed by atoms with Crippen LogP contribution in [0.15, 0.2) is 5.16 Å². The zero-order valence-electron chi connectivity index (χ0n) is 9.87. The second kappa shape index (κ2) is 5.23. The molecule has 6 nitrogen and oxygen atoms in total. The van der Waals surface area contributed by atoms with Gasteiger partial charge in [-0.1, -0.05) is 22.7 Å². The van der Waals surface area contributed by atoms with E-state index in [1.165, 1.54) is 30.8 Å². The summed E-state index contributed by atoms with van der Waals surface area (Å²) in [6.07, 6.45) is 4.73. The molecule has 0 amide bonds. The third-order valence-corrected chi connectivity index (χ3v) is 4.57. The lowest BCUT2D eigenvalue weighted by Gasteiger charge is -2.05. The Morgan fingerprint density at radius 3 is 3.00 bits per heavy atom. The van der Waals surface area contributed by atoms with E-state index in [0.29, 0.717) is 10.8 Å². The van der Waals surface area contributed by atoms with Crippen molar-refractivity contribution in [2.45, 2.75) is 43.1 Å². The summed E-state index contributed by atoms with van der Waals surface area (Å²) in [7, 11) is 0. The molecule has 0 unspecified atom stereocenters. The van der Waals surface area contributed by atoms with Gasteiger partial charge >= 0.3 is 0 Å². The largest absolute Gasteiger partial charge is 0.388 e. The molecule has 2 aromatic rings. The van der Waals surface area contributed by atoms with Crippen LogP contribution in [0.5, 0.6) is 0 Å². The van der Waals surface area contributed by atoms with E-state index in [1.807, 2.05) is 0 Å². The topological polar surface area (TPSA) is 82.5 Å². The number of rotatable bonds is 3. The number of nitrogens with zero attached hydrogens (tertiary/aromatic N) is 5. The van der Waals surface area contributed by atoms with E-state index in [1.54, 1.807) is 11.8 Å². The van der Waals surface area contributed by atoms with Gasteiger partial charge in [0.1, 0.15) is 16.5 Å². The smallest absolute Gasteiger partial charge is 0.191 e. The van der Waals surface area contributed by atoms with E-state index >= 15 is 0 Å². The van der Waals surface area contributed by atoms with Crippen molar-refractivity contribution in [2.75, 3.05) is 5.73 Å². The molecular weight excluding hydrogens is 268 g/mol. The molecule has 0 aromatic carbocycles. The fourth-order valence-electron chi connectivity index (χ4n) is 2.01. The van der Waals surface area contributed by atoms with Gasteiger partial charge in [0, 0.05) is 30.3 Å². The van der Waals surface area contributed by atoms with E-state index in [-0.39, 0.29) is 0 Å². The Labute approximate surface area is 113 Å². The summed E-state index contributed by atoms with van der Waals surface area (Å²) in [5.74, 6) is 1.82. The van der Waals surface area contributed by atoms with Crippen LogP contribution >= 0.6 is 23.3 Å². The lowest BCUT2D eigenvalue weighted by molar-refractivity contribution is 0.591. The Morgan fingerprint density at radius 2 is 2.17 bits per heavy atom. The molecule has 0 bridgehead atoms. The summed E-state index contributed by atoms with van der Waals surface area (Å²) in [5, 5.41) is 14.2. The van der Waals surface area contributed by atoms with Gasteiger partial charge < -0.3 is 10.3 Å². The highest BCUT2D eigenvalue weighted by Gasteiger charge is 2.15. The maximum Gasteiger partial charge on any atom is 0.191 e. The molecule has 3 heterocycles. The monoisotopic (exact) mass is 282 g/mol. The first-order chi connectivity index (χ1) is 8.84. The summed E-state index contributed by atoms with van der Waals surface area (Å²) < 4.78 is 6.06. The third kappa shape index (κ3) is 2.35. The Hall–Kier alpha value is -1.15. The predicted molar refractivity (Wildman–Crippen MR) is 71.5 cm³/mol. The Kier molecular flexibility index (Phi) is 3.46.